The number of carboxylic acids is 1. The van der Waals surface area contributed by atoms with Gasteiger partial charge in [0.2, 0.25) is 11.8 Å². The highest BCUT2D eigenvalue weighted by Gasteiger charge is 2.22. The monoisotopic (exact) mass is 619 g/mol. The first-order valence-corrected chi connectivity index (χ1v) is 13.7. The zero-order valence-electron chi connectivity index (χ0n) is 23.1. The summed E-state index contributed by atoms with van der Waals surface area (Å²) in [5.74, 6) is -3.79. The molecule has 14 heteroatoms. The molecule has 1 unspecified atom stereocenters. The summed E-state index contributed by atoms with van der Waals surface area (Å²) in [4.78, 5) is 49.2. The van der Waals surface area contributed by atoms with Gasteiger partial charge in [-0.2, -0.15) is 4.68 Å². The Kier molecular flexibility index (Phi) is 10.9. The van der Waals surface area contributed by atoms with E-state index in [1.54, 1.807) is 42.5 Å². The Hall–Kier alpha value is -5.43. The van der Waals surface area contributed by atoms with Gasteiger partial charge in [-0.1, -0.05) is 41.9 Å². The van der Waals surface area contributed by atoms with Crippen LogP contribution < -0.4 is 16.0 Å². The third-order valence-electron chi connectivity index (χ3n) is 6.25. The van der Waals surface area contributed by atoms with Crippen LogP contribution in [-0.4, -0.2) is 61.6 Å². The summed E-state index contributed by atoms with van der Waals surface area (Å²) in [6.45, 7) is 0.0641. The van der Waals surface area contributed by atoms with Gasteiger partial charge in [0.05, 0.1) is 11.3 Å². The average molecular weight is 620 g/mol. The van der Waals surface area contributed by atoms with E-state index in [-0.39, 0.29) is 37.1 Å². The SMILES string of the molecule is O=C(O)CCCNC(=O)c1ccc(NC(=O)C(Cc2ccccc2)NC(=O)C=Cc2cc(Cl)ccc2-n2cnnn2)cc1F. The Labute approximate surface area is 255 Å². The molecule has 1 atom stereocenters. The number of carbonyl (C=O) groups is 4. The third kappa shape index (κ3) is 9.03. The molecule has 0 fully saturated rings. The summed E-state index contributed by atoms with van der Waals surface area (Å²) in [6.07, 6.45) is 4.35. The van der Waals surface area contributed by atoms with E-state index in [0.29, 0.717) is 16.3 Å². The van der Waals surface area contributed by atoms with E-state index in [1.807, 2.05) is 6.07 Å². The lowest BCUT2D eigenvalue weighted by molar-refractivity contribution is -0.137. The molecule has 4 aromatic rings. The molecule has 0 aliphatic rings. The molecule has 0 radical (unpaired) electrons. The predicted molar refractivity (Wildman–Crippen MR) is 160 cm³/mol. The van der Waals surface area contributed by atoms with Crippen LogP contribution in [-0.2, 0) is 20.8 Å². The number of carbonyl (C=O) groups excluding carboxylic acids is 3. The lowest BCUT2D eigenvalue weighted by Gasteiger charge is -2.18. The Morgan fingerprint density at radius 2 is 1.84 bits per heavy atom. The number of rotatable bonds is 13. The second-order valence-electron chi connectivity index (χ2n) is 9.48. The Balaban J connectivity index is 1.46. The van der Waals surface area contributed by atoms with Gasteiger partial charge in [0, 0.05) is 41.7 Å². The highest BCUT2D eigenvalue weighted by molar-refractivity contribution is 6.30. The topological polar surface area (TPSA) is 168 Å². The second-order valence-corrected chi connectivity index (χ2v) is 9.92. The second kappa shape index (κ2) is 15.2. The predicted octanol–water partition coefficient (Wildman–Crippen LogP) is 3.43. The zero-order valence-corrected chi connectivity index (χ0v) is 23.9. The van der Waals surface area contributed by atoms with Gasteiger partial charge in [-0.05, 0) is 64.9 Å². The van der Waals surface area contributed by atoms with E-state index in [1.165, 1.54) is 35.3 Å². The Bertz CT molecular complexity index is 1670. The molecule has 0 aliphatic heterocycles. The normalized spacial score (nSPS) is 11.6. The number of carboxylic acid groups (broad SMARTS) is 1. The molecule has 1 heterocycles. The van der Waals surface area contributed by atoms with Crippen molar-refractivity contribution in [2.24, 2.45) is 0 Å². The number of amides is 3. The van der Waals surface area contributed by atoms with Gasteiger partial charge in [-0.15, -0.1) is 5.10 Å². The van der Waals surface area contributed by atoms with Crippen molar-refractivity contribution >= 4 is 47.1 Å². The number of aliphatic carboxylic acids is 1. The summed E-state index contributed by atoms with van der Waals surface area (Å²) in [5.41, 5.74) is 1.70. The van der Waals surface area contributed by atoms with E-state index in [2.05, 4.69) is 31.5 Å². The largest absolute Gasteiger partial charge is 0.481 e. The van der Waals surface area contributed by atoms with Crippen LogP contribution in [0.3, 0.4) is 0 Å². The average Bonchev–Trinajstić information content (AvgIpc) is 3.53. The Morgan fingerprint density at radius 3 is 2.55 bits per heavy atom. The Morgan fingerprint density at radius 1 is 1.05 bits per heavy atom. The van der Waals surface area contributed by atoms with E-state index in [4.69, 9.17) is 16.7 Å². The lowest BCUT2D eigenvalue weighted by atomic mass is 10.0. The van der Waals surface area contributed by atoms with Crippen LogP contribution in [0.4, 0.5) is 10.1 Å². The number of hydrogen-bond acceptors (Lipinski definition) is 7. The van der Waals surface area contributed by atoms with Crippen LogP contribution >= 0.6 is 11.6 Å². The summed E-state index contributed by atoms with van der Waals surface area (Å²) < 4.78 is 16.2. The molecular formula is C30H27ClFN7O5. The maximum absolute atomic E-state index is 14.8. The molecule has 0 saturated carbocycles. The number of tetrazole rings is 1. The van der Waals surface area contributed by atoms with Crippen molar-refractivity contribution in [2.75, 3.05) is 11.9 Å². The van der Waals surface area contributed by atoms with Gasteiger partial charge >= 0.3 is 5.97 Å². The minimum atomic E-state index is -1.05. The highest BCUT2D eigenvalue weighted by atomic mass is 35.5. The van der Waals surface area contributed by atoms with Crippen molar-refractivity contribution in [1.29, 1.82) is 0 Å². The first kappa shape index (κ1) is 31.5. The lowest BCUT2D eigenvalue weighted by Crippen LogP contribution is -2.44. The third-order valence-corrected chi connectivity index (χ3v) is 6.48. The quantitative estimate of drug-likeness (QED) is 0.130. The molecule has 0 bridgehead atoms. The molecule has 4 N–H and O–H groups in total. The number of halogens is 2. The van der Waals surface area contributed by atoms with Crippen LogP contribution in [0.25, 0.3) is 11.8 Å². The van der Waals surface area contributed by atoms with Gasteiger partial charge in [0.15, 0.2) is 0 Å². The minimum absolute atomic E-state index is 0.0641. The molecular weight excluding hydrogens is 593 g/mol. The summed E-state index contributed by atoms with van der Waals surface area (Å²) in [5, 5.41) is 28.0. The number of nitrogens with zero attached hydrogens (tertiary/aromatic N) is 4. The molecule has 0 saturated heterocycles. The summed E-state index contributed by atoms with van der Waals surface area (Å²) >= 11 is 6.15. The van der Waals surface area contributed by atoms with Crippen LogP contribution in [0.5, 0.6) is 0 Å². The molecule has 44 heavy (non-hydrogen) atoms. The molecule has 0 aliphatic carbocycles. The number of hydrogen-bond donors (Lipinski definition) is 4. The fourth-order valence-corrected chi connectivity index (χ4v) is 4.31. The maximum Gasteiger partial charge on any atom is 0.303 e. The van der Waals surface area contributed by atoms with Gasteiger partial charge < -0.3 is 21.1 Å². The molecule has 1 aromatic heterocycles. The van der Waals surface area contributed by atoms with Crippen molar-refractivity contribution in [3.8, 4) is 5.69 Å². The number of nitrogens with one attached hydrogen (secondary N) is 3. The summed E-state index contributed by atoms with van der Waals surface area (Å²) in [7, 11) is 0. The molecule has 226 valence electrons. The summed E-state index contributed by atoms with van der Waals surface area (Å²) in [6, 6.07) is 16.5. The number of aromatic nitrogens is 4. The van der Waals surface area contributed by atoms with Crippen molar-refractivity contribution in [3.63, 3.8) is 0 Å². The van der Waals surface area contributed by atoms with E-state index in [0.717, 1.165) is 11.6 Å². The van der Waals surface area contributed by atoms with Gasteiger partial charge in [0.25, 0.3) is 5.91 Å². The van der Waals surface area contributed by atoms with Crippen molar-refractivity contribution in [3.05, 3.63) is 107 Å². The highest BCUT2D eigenvalue weighted by Crippen LogP contribution is 2.20. The fraction of sp³-hybridized carbons (Fsp3) is 0.167. The molecule has 3 amide bonds. The van der Waals surface area contributed by atoms with Crippen LogP contribution in [0, 0.1) is 5.82 Å². The standard InChI is InChI=1S/C30H27ClFN7O5/c31-21-9-12-26(39-18-34-37-38-39)20(16-21)8-13-27(40)36-25(15-19-5-2-1-3-6-19)30(44)35-22-10-11-23(24(32)17-22)29(43)33-14-4-7-28(41)42/h1-3,5-6,8-13,16-18,25H,4,7,14-15H2,(H,33,43)(H,35,44)(H,36,40)(H,41,42). The van der Waals surface area contributed by atoms with Crippen LogP contribution in [0.1, 0.15) is 34.3 Å². The fourth-order valence-electron chi connectivity index (χ4n) is 4.13. The van der Waals surface area contributed by atoms with E-state index < -0.39 is 35.5 Å². The van der Waals surface area contributed by atoms with Crippen molar-refractivity contribution in [1.82, 2.24) is 30.8 Å². The zero-order chi connectivity index (χ0) is 31.5. The van der Waals surface area contributed by atoms with Crippen LogP contribution in [0.2, 0.25) is 5.02 Å². The maximum atomic E-state index is 14.8. The van der Waals surface area contributed by atoms with Gasteiger partial charge in [0.1, 0.15) is 18.2 Å². The van der Waals surface area contributed by atoms with Crippen LogP contribution in [0.15, 0.2) is 79.1 Å². The number of anilines is 1. The van der Waals surface area contributed by atoms with E-state index in [9.17, 15) is 23.6 Å². The smallest absolute Gasteiger partial charge is 0.303 e. The van der Waals surface area contributed by atoms with Crippen molar-refractivity contribution in [2.45, 2.75) is 25.3 Å². The minimum Gasteiger partial charge on any atom is -0.481 e. The number of benzene rings is 3. The first-order valence-electron chi connectivity index (χ1n) is 13.4. The first-order chi connectivity index (χ1) is 21.2. The molecule has 4 rings (SSSR count). The molecule has 0 spiro atoms. The van der Waals surface area contributed by atoms with Crippen molar-refractivity contribution < 1.29 is 28.7 Å². The molecule has 3 aromatic carbocycles. The van der Waals surface area contributed by atoms with Gasteiger partial charge in [-0.25, -0.2) is 4.39 Å². The molecule has 12 nitrogen and oxygen atoms in total. The van der Waals surface area contributed by atoms with E-state index >= 15 is 0 Å². The van der Waals surface area contributed by atoms with Gasteiger partial charge in [-0.3, -0.25) is 19.2 Å².